The predicted molar refractivity (Wildman–Crippen MR) is 72.3 cm³/mol. The summed E-state index contributed by atoms with van der Waals surface area (Å²) < 4.78 is 5.28. The summed E-state index contributed by atoms with van der Waals surface area (Å²) in [6.45, 7) is 2.89. The van der Waals surface area contributed by atoms with Crippen LogP contribution in [0, 0.1) is 5.92 Å². The van der Waals surface area contributed by atoms with Crippen molar-refractivity contribution < 1.29 is 4.74 Å². The quantitative estimate of drug-likeness (QED) is 0.823. The average Bonchev–Trinajstić information content (AvgIpc) is 2.35. The van der Waals surface area contributed by atoms with Gasteiger partial charge < -0.3 is 15.4 Å². The third kappa shape index (κ3) is 3.45. The van der Waals surface area contributed by atoms with Crippen LogP contribution in [0.3, 0.4) is 0 Å². The Bertz CT molecular complexity index is 335. The van der Waals surface area contributed by atoms with Gasteiger partial charge in [0.1, 0.15) is 5.75 Å². The van der Waals surface area contributed by atoms with Gasteiger partial charge in [-0.1, -0.05) is 25.5 Å². The summed E-state index contributed by atoms with van der Waals surface area (Å²) in [4.78, 5) is 2.23. The maximum Gasteiger partial charge on any atom is 0.119 e. The molecule has 0 radical (unpaired) electrons. The molecule has 17 heavy (non-hydrogen) atoms. The van der Waals surface area contributed by atoms with Crippen LogP contribution < -0.4 is 10.5 Å². The molecule has 1 aromatic rings. The highest BCUT2D eigenvalue weighted by Crippen LogP contribution is 2.30. The van der Waals surface area contributed by atoms with Crippen molar-refractivity contribution in [2.24, 2.45) is 11.7 Å². The van der Waals surface area contributed by atoms with E-state index in [-0.39, 0.29) is 0 Å². The van der Waals surface area contributed by atoms with E-state index in [0.29, 0.717) is 18.5 Å². The lowest BCUT2D eigenvalue weighted by Crippen LogP contribution is -2.31. The number of ether oxygens (including phenoxy) is 1. The molecule has 3 heteroatoms. The highest BCUT2D eigenvalue weighted by molar-refractivity contribution is 5.31. The number of benzene rings is 1. The minimum Gasteiger partial charge on any atom is -0.497 e. The van der Waals surface area contributed by atoms with Crippen LogP contribution in [-0.2, 0) is 0 Å². The van der Waals surface area contributed by atoms with E-state index in [4.69, 9.17) is 10.5 Å². The Kier molecular flexibility index (Phi) is 5.45. The summed E-state index contributed by atoms with van der Waals surface area (Å²) in [6.07, 6.45) is 1.08. The molecular weight excluding hydrogens is 212 g/mol. The third-order valence-corrected chi connectivity index (χ3v) is 3.27. The van der Waals surface area contributed by atoms with Crippen LogP contribution in [0.1, 0.15) is 24.9 Å². The van der Waals surface area contributed by atoms with Gasteiger partial charge in [-0.2, -0.15) is 0 Å². The molecular formula is C14H24N2O. The van der Waals surface area contributed by atoms with Gasteiger partial charge >= 0.3 is 0 Å². The Morgan fingerprint density at radius 2 is 2.06 bits per heavy atom. The zero-order valence-electron chi connectivity index (χ0n) is 11.3. The Morgan fingerprint density at radius 3 is 2.53 bits per heavy atom. The van der Waals surface area contributed by atoms with Crippen LogP contribution in [0.5, 0.6) is 5.75 Å². The lowest BCUT2D eigenvalue weighted by Gasteiger charge is -2.31. The number of hydrogen-bond donors (Lipinski definition) is 1. The first-order chi connectivity index (χ1) is 8.13. The van der Waals surface area contributed by atoms with Gasteiger partial charge in [-0.15, -0.1) is 0 Å². The van der Waals surface area contributed by atoms with Crippen molar-refractivity contribution in [3.63, 3.8) is 0 Å². The molecule has 1 rings (SSSR count). The predicted octanol–water partition coefficient (Wildman–Crippen LogP) is 2.28. The minimum atomic E-state index is 0.347. The van der Waals surface area contributed by atoms with Gasteiger partial charge in [-0.3, -0.25) is 0 Å². The summed E-state index contributed by atoms with van der Waals surface area (Å²) in [5.41, 5.74) is 7.14. The highest BCUT2D eigenvalue weighted by atomic mass is 16.5. The number of methoxy groups -OCH3 is 1. The van der Waals surface area contributed by atoms with Crippen LogP contribution in [0.2, 0.25) is 0 Å². The van der Waals surface area contributed by atoms with Crippen molar-refractivity contribution in [1.82, 2.24) is 4.90 Å². The first-order valence-corrected chi connectivity index (χ1v) is 6.14. The zero-order chi connectivity index (χ0) is 12.8. The molecule has 0 aliphatic carbocycles. The van der Waals surface area contributed by atoms with Crippen LogP contribution in [-0.4, -0.2) is 32.6 Å². The molecule has 0 aliphatic heterocycles. The van der Waals surface area contributed by atoms with E-state index in [9.17, 15) is 0 Å². The zero-order valence-corrected chi connectivity index (χ0v) is 11.3. The van der Waals surface area contributed by atoms with Crippen LogP contribution in [0.25, 0.3) is 0 Å². The van der Waals surface area contributed by atoms with Gasteiger partial charge in [-0.05, 0) is 44.3 Å². The van der Waals surface area contributed by atoms with Crippen molar-refractivity contribution in [3.05, 3.63) is 29.8 Å². The molecule has 3 nitrogen and oxygen atoms in total. The molecule has 1 aromatic carbocycles. The van der Waals surface area contributed by atoms with Gasteiger partial charge in [0.15, 0.2) is 0 Å². The third-order valence-electron chi connectivity index (χ3n) is 3.27. The first-order valence-electron chi connectivity index (χ1n) is 6.14. The number of nitrogens with two attached hydrogens (primary N) is 1. The van der Waals surface area contributed by atoms with E-state index in [1.165, 1.54) is 5.56 Å². The van der Waals surface area contributed by atoms with E-state index in [2.05, 4.69) is 38.1 Å². The van der Waals surface area contributed by atoms with Crippen LogP contribution in [0.15, 0.2) is 24.3 Å². The Hall–Kier alpha value is -1.06. The van der Waals surface area contributed by atoms with Crippen molar-refractivity contribution in [2.45, 2.75) is 19.4 Å². The smallest absolute Gasteiger partial charge is 0.119 e. The Morgan fingerprint density at radius 1 is 1.35 bits per heavy atom. The standard InChI is InChI=1S/C14H24N2O/c1-5-11(10-15)14(16(2)3)12-7-6-8-13(9-12)17-4/h6-9,11,14H,5,10,15H2,1-4H3. The molecule has 0 aliphatic rings. The Balaban J connectivity index is 3.04. The molecule has 2 unspecified atom stereocenters. The molecule has 2 atom stereocenters. The molecule has 0 bridgehead atoms. The molecule has 96 valence electrons. The van der Waals surface area contributed by atoms with E-state index in [1.54, 1.807) is 7.11 Å². The molecule has 0 amide bonds. The first kappa shape index (κ1) is 14.0. The maximum atomic E-state index is 5.87. The van der Waals surface area contributed by atoms with Gasteiger partial charge in [0.25, 0.3) is 0 Å². The monoisotopic (exact) mass is 236 g/mol. The lowest BCUT2D eigenvalue weighted by atomic mass is 9.90. The fourth-order valence-corrected chi connectivity index (χ4v) is 2.34. The second-order valence-corrected chi connectivity index (χ2v) is 4.59. The average molecular weight is 236 g/mol. The molecule has 0 fully saturated rings. The summed E-state index contributed by atoms with van der Waals surface area (Å²) >= 11 is 0. The van der Waals surface area contributed by atoms with Gasteiger partial charge in [0.05, 0.1) is 7.11 Å². The topological polar surface area (TPSA) is 38.5 Å². The number of nitrogens with zero attached hydrogens (tertiary/aromatic N) is 1. The maximum absolute atomic E-state index is 5.87. The fraction of sp³-hybridized carbons (Fsp3) is 0.571. The van der Waals surface area contributed by atoms with E-state index in [0.717, 1.165) is 12.2 Å². The number of hydrogen-bond acceptors (Lipinski definition) is 3. The molecule has 0 heterocycles. The van der Waals surface area contributed by atoms with Crippen molar-refractivity contribution >= 4 is 0 Å². The molecule has 0 saturated heterocycles. The normalized spacial score (nSPS) is 14.7. The Labute approximate surface area is 105 Å². The van der Waals surface area contributed by atoms with Gasteiger partial charge in [0.2, 0.25) is 0 Å². The SMILES string of the molecule is CCC(CN)C(c1cccc(OC)c1)N(C)C. The second kappa shape index (κ2) is 6.62. The molecule has 0 saturated carbocycles. The largest absolute Gasteiger partial charge is 0.497 e. The summed E-state index contributed by atoms with van der Waals surface area (Å²) in [6, 6.07) is 8.60. The van der Waals surface area contributed by atoms with Crippen LogP contribution >= 0.6 is 0 Å². The number of rotatable bonds is 6. The van der Waals surface area contributed by atoms with Crippen LogP contribution in [0.4, 0.5) is 0 Å². The van der Waals surface area contributed by atoms with Gasteiger partial charge in [-0.25, -0.2) is 0 Å². The van der Waals surface area contributed by atoms with Crippen molar-refractivity contribution in [1.29, 1.82) is 0 Å². The fourth-order valence-electron chi connectivity index (χ4n) is 2.34. The lowest BCUT2D eigenvalue weighted by molar-refractivity contribution is 0.210. The van der Waals surface area contributed by atoms with E-state index < -0.39 is 0 Å². The summed E-state index contributed by atoms with van der Waals surface area (Å²) in [5, 5.41) is 0. The minimum absolute atomic E-state index is 0.347. The van der Waals surface area contributed by atoms with Crippen molar-refractivity contribution in [3.8, 4) is 5.75 Å². The summed E-state index contributed by atoms with van der Waals surface area (Å²) in [5.74, 6) is 1.37. The molecule has 2 N–H and O–H groups in total. The second-order valence-electron chi connectivity index (χ2n) is 4.59. The van der Waals surface area contributed by atoms with Gasteiger partial charge in [0, 0.05) is 6.04 Å². The highest BCUT2D eigenvalue weighted by Gasteiger charge is 2.22. The van der Waals surface area contributed by atoms with E-state index in [1.807, 2.05) is 12.1 Å². The van der Waals surface area contributed by atoms with Crippen molar-refractivity contribution in [2.75, 3.05) is 27.7 Å². The molecule has 0 spiro atoms. The van der Waals surface area contributed by atoms with E-state index >= 15 is 0 Å². The molecule has 0 aromatic heterocycles. The summed E-state index contributed by atoms with van der Waals surface area (Å²) in [7, 11) is 5.90.